The number of para-hydroxylation sites is 1. The molecule has 0 aromatic heterocycles. The predicted molar refractivity (Wildman–Crippen MR) is 105 cm³/mol. The highest BCUT2D eigenvalue weighted by molar-refractivity contribution is 9.10. The fourth-order valence-corrected chi connectivity index (χ4v) is 3.13. The van der Waals surface area contributed by atoms with E-state index in [0.717, 1.165) is 17.7 Å². The first kappa shape index (κ1) is 20.1. The van der Waals surface area contributed by atoms with E-state index in [1.165, 1.54) is 0 Å². The van der Waals surface area contributed by atoms with Gasteiger partial charge >= 0.3 is 0 Å². The van der Waals surface area contributed by atoms with Crippen molar-refractivity contribution in [3.63, 3.8) is 0 Å². The second-order valence-electron chi connectivity index (χ2n) is 5.78. The van der Waals surface area contributed by atoms with Crippen molar-refractivity contribution in [1.82, 2.24) is 5.32 Å². The van der Waals surface area contributed by atoms with Crippen LogP contribution >= 0.6 is 15.9 Å². The average molecular weight is 422 g/mol. The number of hydrogen-bond acceptors (Lipinski definition) is 4. The van der Waals surface area contributed by atoms with Crippen molar-refractivity contribution in [2.45, 2.75) is 26.3 Å². The summed E-state index contributed by atoms with van der Waals surface area (Å²) in [6, 6.07) is 10.8. The van der Waals surface area contributed by atoms with E-state index in [0.29, 0.717) is 28.1 Å². The Kier molecular flexibility index (Phi) is 7.33. The predicted octanol–water partition coefficient (Wildman–Crippen LogP) is 4.75. The zero-order valence-corrected chi connectivity index (χ0v) is 17.1. The minimum absolute atomic E-state index is 0.204. The van der Waals surface area contributed by atoms with E-state index in [4.69, 9.17) is 14.2 Å². The molecular formula is C20H24BrNO4. The number of carbonyl (C=O) groups excluding carboxylic acids is 1. The molecule has 5 nitrogen and oxygen atoms in total. The number of carbonyl (C=O) groups is 1. The molecule has 1 atom stereocenters. The molecule has 0 saturated carbocycles. The van der Waals surface area contributed by atoms with Crippen LogP contribution < -0.4 is 19.5 Å². The van der Waals surface area contributed by atoms with Crippen molar-refractivity contribution in [2.75, 3.05) is 20.8 Å². The van der Waals surface area contributed by atoms with E-state index in [1.54, 1.807) is 26.4 Å². The molecule has 2 aromatic carbocycles. The Bertz CT molecular complexity index is 763. The normalized spacial score (nSPS) is 11.6. The minimum Gasteiger partial charge on any atom is -0.496 e. The second kappa shape index (κ2) is 9.48. The van der Waals surface area contributed by atoms with Crippen molar-refractivity contribution >= 4 is 21.8 Å². The molecule has 0 aliphatic heterocycles. The third-order valence-corrected chi connectivity index (χ3v) is 4.48. The fourth-order valence-electron chi connectivity index (χ4n) is 2.58. The SMILES string of the molecule is CCCOc1c(Br)cc(C(=O)NC(C)c2ccccc2OC)cc1OC. The third-order valence-electron chi connectivity index (χ3n) is 3.90. The number of benzene rings is 2. The quantitative estimate of drug-likeness (QED) is 0.668. The summed E-state index contributed by atoms with van der Waals surface area (Å²) in [6.07, 6.45) is 0.883. The molecule has 0 spiro atoms. The van der Waals surface area contributed by atoms with Crippen molar-refractivity contribution in [2.24, 2.45) is 0 Å². The van der Waals surface area contributed by atoms with Crippen molar-refractivity contribution in [3.05, 3.63) is 52.0 Å². The second-order valence-corrected chi connectivity index (χ2v) is 6.63. The number of amides is 1. The van der Waals surface area contributed by atoms with Crippen LogP contribution in [-0.2, 0) is 0 Å². The van der Waals surface area contributed by atoms with Crippen molar-refractivity contribution in [3.8, 4) is 17.2 Å². The summed E-state index contributed by atoms with van der Waals surface area (Å²) >= 11 is 3.47. The lowest BCUT2D eigenvalue weighted by atomic mass is 10.1. The van der Waals surface area contributed by atoms with Gasteiger partial charge < -0.3 is 19.5 Å². The molecule has 2 rings (SSSR count). The number of nitrogens with one attached hydrogen (secondary N) is 1. The molecule has 140 valence electrons. The van der Waals surface area contributed by atoms with Gasteiger partial charge in [0.15, 0.2) is 11.5 Å². The van der Waals surface area contributed by atoms with Crippen molar-refractivity contribution in [1.29, 1.82) is 0 Å². The van der Waals surface area contributed by atoms with E-state index in [9.17, 15) is 4.79 Å². The molecule has 1 amide bonds. The zero-order chi connectivity index (χ0) is 19.1. The fraction of sp³-hybridized carbons (Fsp3) is 0.350. The molecule has 26 heavy (non-hydrogen) atoms. The van der Waals surface area contributed by atoms with E-state index in [-0.39, 0.29) is 11.9 Å². The van der Waals surface area contributed by atoms with Crippen LogP contribution in [0, 0.1) is 0 Å². The lowest BCUT2D eigenvalue weighted by molar-refractivity contribution is 0.0939. The molecule has 0 aliphatic carbocycles. The van der Waals surface area contributed by atoms with Gasteiger partial charge in [-0.15, -0.1) is 0 Å². The number of methoxy groups -OCH3 is 2. The van der Waals surface area contributed by atoms with Crippen LogP contribution in [0.1, 0.15) is 42.2 Å². The van der Waals surface area contributed by atoms with Crippen LogP contribution in [0.25, 0.3) is 0 Å². The molecule has 0 saturated heterocycles. The zero-order valence-electron chi connectivity index (χ0n) is 15.5. The Hall–Kier alpha value is -2.21. The maximum atomic E-state index is 12.7. The Morgan fingerprint density at radius 3 is 2.50 bits per heavy atom. The van der Waals surface area contributed by atoms with Gasteiger partial charge in [-0.25, -0.2) is 0 Å². The first-order valence-electron chi connectivity index (χ1n) is 8.45. The number of hydrogen-bond donors (Lipinski definition) is 1. The molecule has 1 unspecified atom stereocenters. The largest absolute Gasteiger partial charge is 0.496 e. The van der Waals surface area contributed by atoms with Crippen LogP contribution in [0.3, 0.4) is 0 Å². The summed E-state index contributed by atoms with van der Waals surface area (Å²) in [5, 5.41) is 2.99. The molecular weight excluding hydrogens is 398 g/mol. The highest BCUT2D eigenvalue weighted by Crippen LogP contribution is 2.37. The maximum Gasteiger partial charge on any atom is 0.251 e. The minimum atomic E-state index is -0.209. The van der Waals surface area contributed by atoms with Crippen LogP contribution in [0.2, 0.25) is 0 Å². The van der Waals surface area contributed by atoms with Gasteiger partial charge in [-0.1, -0.05) is 25.1 Å². The van der Waals surface area contributed by atoms with Gasteiger partial charge in [-0.05, 0) is 47.5 Å². The van der Waals surface area contributed by atoms with Crippen LogP contribution in [0.15, 0.2) is 40.9 Å². The van der Waals surface area contributed by atoms with E-state index >= 15 is 0 Å². The number of rotatable bonds is 8. The number of halogens is 1. The first-order valence-corrected chi connectivity index (χ1v) is 9.25. The van der Waals surface area contributed by atoms with E-state index in [2.05, 4.69) is 21.2 Å². The third kappa shape index (κ3) is 4.69. The summed E-state index contributed by atoms with van der Waals surface area (Å²) < 4.78 is 17.1. The summed E-state index contributed by atoms with van der Waals surface area (Å²) in [6.45, 7) is 4.52. The van der Waals surface area contributed by atoms with Gasteiger partial charge in [-0.3, -0.25) is 4.79 Å². The summed E-state index contributed by atoms with van der Waals surface area (Å²) in [4.78, 5) is 12.7. The topological polar surface area (TPSA) is 56.8 Å². The highest BCUT2D eigenvalue weighted by Gasteiger charge is 2.18. The van der Waals surface area contributed by atoms with E-state index < -0.39 is 0 Å². The summed E-state index contributed by atoms with van der Waals surface area (Å²) in [7, 11) is 3.17. The average Bonchev–Trinajstić information content (AvgIpc) is 2.66. The molecule has 0 aliphatic rings. The highest BCUT2D eigenvalue weighted by atomic mass is 79.9. The van der Waals surface area contributed by atoms with Crippen LogP contribution in [0.4, 0.5) is 0 Å². The molecule has 2 aromatic rings. The van der Waals surface area contributed by atoms with Gasteiger partial charge in [-0.2, -0.15) is 0 Å². The molecule has 1 N–H and O–H groups in total. The first-order chi connectivity index (χ1) is 12.5. The lowest BCUT2D eigenvalue weighted by Gasteiger charge is -2.18. The molecule has 0 fully saturated rings. The van der Waals surface area contributed by atoms with Gasteiger partial charge in [0.05, 0.1) is 31.3 Å². The summed E-state index contributed by atoms with van der Waals surface area (Å²) in [5.41, 5.74) is 1.40. The molecule has 0 bridgehead atoms. The standard InChI is InChI=1S/C20H24BrNO4/c1-5-10-26-19-16(21)11-14(12-18(19)25-4)20(23)22-13(2)15-8-6-7-9-17(15)24-3/h6-9,11-13H,5,10H2,1-4H3,(H,22,23). The molecule has 6 heteroatoms. The number of ether oxygens (including phenoxy) is 3. The van der Waals surface area contributed by atoms with Gasteiger partial charge in [0, 0.05) is 11.1 Å². The van der Waals surface area contributed by atoms with Gasteiger partial charge in [0.2, 0.25) is 0 Å². The summed E-state index contributed by atoms with van der Waals surface area (Å²) in [5.74, 6) is 1.65. The van der Waals surface area contributed by atoms with Gasteiger partial charge in [0.1, 0.15) is 5.75 Å². The Labute approximate surface area is 162 Å². The van der Waals surface area contributed by atoms with Crippen LogP contribution in [-0.4, -0.2) is 26.7 Å². The van der Waals surface area contributed by atoms with Crippen LogP contribution in [0.5, 0.6) is 17.2 Å². The maximum absolute atomic E-state index is 12.7. The molecule has 0 radical (unpaired) electrons. The Balaban J connectivity index is 2.22. The Morgan fingerprint density at radius 1 is 1.15 bits per heavy atom. The smallest absolute Gasteiger partial charge is 0.251 e. The van der Waals surface area contributed by atoms with E-state index in [1.807, 2.05) is 38.1 Å². The van der Waals surface area contributed by atoms with Crippen molar-refractivity contribution < 1.29 is 19.0 Å². The Morgan fingerprint density at radius 2 is 1.85 bits per heavy atom. The molecule has 0 heterocycles. The van der Waals surface area contributed by atoms with Gasteiger partial charge in [0.25, 0.3) is 5.91 Å². The monoisotopic (exact) mass is 421 g/mol. The lowest BCUT2D eigenvalue weighted by Crippen LogP contribution is -2.27.